The number of imide groups is 1. The van der Waals surface area contributed by atoms with E-state index in [1.54, 1.807) is 0 Å². The molecule has 1 saturated heterocycles. The van der Waals surface area contributed by atoms with E-state index in [0.29, 0.717) is 6.61 Å². The molecule has 5 nitrogen and oxygen atoms in total. The first kappa shape index (κ1) is 24.3. The molecule has 2 unspecified atom stereocenters. The second-order valence-corrected chi connectivity index (χ2v) is 9.25. The van der Waals surface area contributed by atoms with Crippen molar-refractivity contribution in [2.75, 3.05) is 6.61 Å². The van der Waals surface area contributed by atoms with E-state index in [0.717, 1.165) is 33.6 Å². The van der Waals surface area contributed by atoms with Crippen molar-refractivity contribution >= 4 is 12.0 Å². The van der Waals surface area contributed by atoms with Crippen LogP contribution in [0.1, 0.15) is 46.2 Å². The van der Waals surface area contributed by atoms with E-state index in [4.69, 9.17) is 9.47 Å². The Morgan fingerprint density at radius 1 is 0.919 bits per heavy atom. The third kappa shape index (κ3) is 5.56. The van der Waals surface area contributed by atoms with Crippen molar-refractivity contribution < 1.29 is 19.1 Å². The molecule has 5 rings (SSSR count). The van der Waals surface area contributed by atoms with Gasteiger partial charge in [0.15, 0.2) is 0 Å². The number of hydrogen-bond acceptors (Lipinski definition) is 4. The summed E-state index contributed by atoms with van der Waals surface area (Å²) >= 11 is 0. The van der Waals surface area contributed by atoms with Gasteiger partial charge in [-0.3, -0.25) is 4.79 Å². The first-order valence-corrected chi connectivity index (χ1v) is 12.5. The number of cyclic esters (lactones) is 1. The van der Waals surface area contributed by atoms with Gasteiger partial charge in [-0.05, 0) is 29.7 Å². The summed E-state index contributed by atoms with van der Waals surface area (Å²) in [6, 6.07) is 35.0. The smallest absolute Gasteiger partial charge is 0.417 e. The van der Waals surface area contributed by atoms with Crippen molar-refractivity contribution in [2.24, 2.45) is 0 Å². The molecule has 0 spiro atoms. The fraction of sp³-hybridized carbons (Fsp3) is 0.188. The summed E-state index contributed by atoms with van der Waals surface area (Å²) in [7, 11) is 0. The number of carbonyl (C=O) groups excluding carboxylic acids is 2. The molecule has 1 fully saturated rings. The van der Waals surface area contributed by atoms with E-state index in [1.807, 2.05) is 110 Å². The van der Waals surface area contributed by atoms with E-state index in [1.165, 1.54) is 4.90 Å². The molecule has 2 atom stereocenters. The highest BCUT2D eigenvalue weighted by Gasteiger charge is 2.40. The first-order chi connectivity index (χ1) is 18.1. The molecular weight excluding hydrogens is 462 g/mol. The zero-order valence-corrected chi connectivity index (χ0v) is 20.7. The van der Waals surface area contributed by atoms with E-state index in [-0.39, 0.29) is 24.9 Å². The molecular formula is C32H29NO4. The van der Waals surface area contributed by atoms with Gasteiger partial charge in [0.25, 0.3) is 0 Å². The lowest BCUT2D eigenvalue weighted by Gasteiger charge is -2.25. The summed E-state index contributed by atoms with van der Waals surface area (Å²) in [5.74, 6) is 0.143. The Balaban J connectivity index is 1.47. The number of ether oxygens (including phenoxy) is 2. The molecule has 0 aliphatic carbocycles. The molecule has 5 heteroatoms. The van der Waals surface area contributed by atoms with E-state index < -0.39 is 12.1 Å². The monoisotopic (exact) mass is 491 g/mol. The number of amides is 2. The Labute approximate surface area is 217 Å². The maximum absolute atomic E-state index is 13.8. The second-order valence-electron chi connectivity index (χ2n) is 9.25. The highest BCUT2D eigenvalue weighted by molar-refractivity contribution is 5.94. The van der Waals surface area contributed by atoms with Crippen LogP contribution < -0.4 is 4.74 Å². The van der Waals surface area contributed by atoms with Gasteiger partial charge in [-0.25, -0.2) is 9.69 Å². The highest BCUT2D eigenvalue weighted by Crippen LogP contribution is 2.38. The standard InChI is InChI=1S/C32H29NO4/c1-23-17-18-30(36-21-24-11-5-2-6-12-24)28(19-23)27(25-13-7-3-8-14-25)20-31(34)33-29(22-37-32(33)35)26-15-9-4-10-16-26/h2-19,27,29H,20-22H2,1H3. The van der Waals surface area contributed by atoms with Gasteiger partial charge in [0.2, 0.25) is 5.91 Å². The first-order valence-electron chi connectivity index (χ1n) is 12.5. The zero-order chi connectivity index (χ0) is 25.6. The third-order valence-electron chi connectivity index (χ3n) is 6.68. The number of carbonyl (C=O) groups is 2. The third-order valence-corrected chi connectivity index (χ3v) is 6.68. The van der Waals surface area contributed by atoms with Crippen LogP contribution in [0.2, 0.25) is 0 Å². The van der Waals surface area contributed by atoms with Crippen molar-refractivity contribution in [2.45, 2.75) is 31.9 Å². The van der Waals surface area contributed by atoms with Crippen molar-refractivity contribution in [3.8, 4) is 5.75 Å². The summed E-state index contributed by atoms with van der Waals surface area (Å²) in [6.45, 7) is 2.60. The van der Waals surface area contributed by atoms with Crippen LogP contribution in [-0.4, -0.2) is 23.5 Å². The summed E-state index contributed by atoms with van der Waals surface area (Å²) in [4.78, 5) is 27.7. The summed E-state index contributed by atoms with van der Waals surface area (Å²) < 4.78 is 11.6. The van der Waals surface area contributed by atoms with Crippen LogP contribution in [0.3, 0.4) is 0 Å². The molecule has 0 radical (unpaired) electrons. The number of nitrogens with zero attached hydrogens (tertiary/aromatic N) is 1. The lowest BCUT2D eigenvalue weighted by molar-refractivity contribution is -0.129. The van der Waals surface area contributed by atoms with E-state index >= 15 is 0 Å². The Bertz CT molecular complexity index is 1360. The zero-order valence-electron chi connectivity index (χ0n) is 20.7. The minimum Gasteiger partial charge on any atom is -0.489 e. The fourth-order valence-corrected chi connectivity index (χ4v) is 4.79. The lowest BCUT2D eigenvalue weighted by atomic mass is 9.86. The minimum absolute atomic E-state index is 0.105. The molecule has 1 heterocycles. The van der Waals surface area contributed by atoms with Crippen molar-refractivity contribution in [3.05, 3.63) is 137 Å². The predicted molar refractivity (Wildman–Crippen MR) is 142 cm³/mol. The maximum Gasteiger partial charge on any atom is 0.417 e. The molecule has 37 heavy (non-hydrogen) atoms. The molecule has 186 valence electrons. The van der Waals surface area contributed by atoms with Crippen LogP contribution >= 0.6 is 0 Å². The number of aryl methyl sites for hydroxylation is 1. The summed E-state index contributed by atoms with van der Waals surface area (Å²) in [5.41, 5.74) is 4.90. The van der Waals surface area contributed by atoms with Gasteiger partial charge in [0, 0.05) is 17.9 Å². The molecule has 0 aromatic heterocycles. The molecule has 4 aromatic carbocycles. The summed E-state index contributed by atoms with van der Waals surface area (Å²) in [5, 5.41) is 0. The van der Waals surface area contributed by atoms with Gasteiger partial charge in [-0.1, -0.05) is 109 Å². The van der Waals surface area contributed by atoms with Crippen LogP contribution in [0.25, 0.3) is 0 Å². The van der Waals surface area contributed by atoms with Gasteiger partial charge in [0.1, 0.15) is 25.0 Å². The van der Waals surface area contributed by atoms with Crippen molar-refractivity contribution in [1.82, 2.24) is 4.90 Å². The molecule has 2 amide bonds. The van der Waals surface area contributed by atoms with E-state index in [9.17, 15) is 9.59 Å². The Kier molecular flexibility index (Phi) is 7.31. The summed E-state index contributed by atoms with van der Waals surface area (Å²) in [6.07, 6.45) is -0.497. The van der Waals surface area contributed by atoms with Gasteiger partial charge < -0.3 is 9.47 Å². The lowest BCUT2D eigenvalue weighted by Crippen LogP contribution is -2.35. The average Bonchev–Trinajstić information content (AvgIpc) is 3.34. The molecule has 1 aliphatic rings. The second kappa shape index (κ2) is 11.1. The number of benzene rings is 4. The van der Waals surface area contributed by atoms with E-state index in [2.05, 4.69) is 6.07 Å². The topological polar surface area (TPSA) is 55.8 Å². The van der Waals surface area contributed by atoms with Gasteiger partial charge in [0.05, 0.1) is 0 Å². The number of rotatable bonds is 8. The normalized spacial score (nSPS) is 15.8. The Morgan fingerprint density at radius 3 is 2.27 bits per heavy atom. The van der Waals surface area contributed by atoms with Crippen LogP contribution in [0, 0.1) is 6.92 Å². The van der Waals surface area contributed by atoms with Crippen LogP contribution in [0.4, 0.5) is 4.79 Å². The highest BCUT2D eigenvalue weighted by atomic mass is 16.6. The Morgan fingerprint density at radius 2 is 1.57 bits per heavy atom. The number of hydrogen-bond donors (Lipinski definition) is 0. The Hall–Kier alpha value is -4.38. The molecule has 4 aromatic rings. The van der Waals surface area contributed by atoms with Crippen LogP contribution in [0.15, 0.2) is 109 Å². The van der Waals surface area contributed by atoms with Crippen LogP contribution in [-0.2, 0) is 16.1 Å². The van der Waals surface area contributed by atoms with Crippen molar-refractivity contribution in [3.63, 3.8) is 0 Å². The maximum atomic E-state index is 13.8. The molecule has 1 aliphatic heterocycles. The predicted octanol–water partition coefficient (Wildman–Crippen LogP) is 6.82. The average molecular weight is 492 g/mol. The van der Waals surface area contributed by atoms with Crippen LogP contribution in [0.5, 0.6) is 5.75 Å². The van der Waals surface area contributed by atoms with Gasteiger partial charge in [-0.15, -0.1) is 0 Å². The molecule has 0 bridgehead atoms. The van der Waals surface area contributed by atoms with Gasteiger partial charge in [-0.2, -0.15) is 0 Å². The molecule has 0 N–H and O–H groups in total. The minimum atomic E-state index is -0.601. The quantitative estimate of drug-likeness (QED) is 0.271. The fourth-order valence-electron chi connectivity index (χ4n) is 4.79. The molecule has 0 saturated carbocycles. The largest absolute Gasteiger partial charge is 0.489 e. The SMILES string of the molecule is Cc1ccc(OCc2ccccc2)c(C(CC(=O)N2C(=O)OCC2c2ccccc2)c2ccccc2)c1. The van der Waals surface area contributed by atoms with Crippen molar-refractivity contribution in [1.29, 1.82) is 0 Å². The van der Waals surface area contributed by atoms with Gasteiger partial charge >= 0.3 is 6.09 Å².